The first kappa shape index (κ1) is 18.1. The van der Waals surface area contributed by atoms with Crippen molar-refractivity contribution in [1.29, 1.82) is 0 Å². The molecule has 0 heterocycles. The summed E-state index contributed by atoms with van der Waals surface area (Å²) in [5.41, 5.74) is -3.09. The number of rotatable bonds is 5. The van der Waals surface area contributed by atoms with Gasteiger partial charge in [0.05, 0.1) is 0 Å². The summed E-state index contributed by atoms with van der Waals surface area (Å²) < 4.78 is 2.16. The lowest BCUT2D eigenvalue weighted by Crippen LogP contribution is -2.68. The fourth-order valence-electron chi connectivity index (χ4n) is 1.68. The second-order valence-electron chi connectivity index (χ2n) is 4.84. The first-order valence-corrected chi connectivity index (χ1v) is 18.5. The quantitative estimate of drug-likeness (QED) is 0.477. The molecule has 0 spiro atoms. The van der Waals surface area contributed by atoms with E-state index in [1.54, 1.807) is 0 Å². The summed E-state index contributed by atoms with van der Waals surface area (Å²) in [6.45, 7) is 10.7. The molecule has 0 aromatic carbocycles. The Bertz CT molecular complexity index is 237. The Morgan fingerprint density at radius 3 is 1.56 bits per heavy atom. The second kappa shape index (κ2) is 6.01. The van der Waals surface area contributed by atoms with Gasteiger partial charge in [-0.05, 0) is 12.5 Å². The smallest absolute Gasteiger partial charge is 0.319 e. The van der Waals surface area contributed by atoms with Crippen LogP contribution in [-0.4, -0.2) is 30.4 Å². The molecule has 1 nitrogen and oxygen atoms in total. The molecule has 0 aromatic heterocycles. The molecular formula is C7H18Cl5NSi3. The molecular weight excluding hydrogens is 360 g/mol. The predicted octanol–water partition coefficient (Wildman–Crippen LogP) is 5.07. The van der Waals surface area contributed by atoms with Crippen LogP contribution in [-0.2, 0) is 0 Å². The van der Waals surface area contributed by atoms with Crippen molar-refractivity contribution < 1.29 is 0 Å². The predicted molar refractivity (Wildman–Crippen MR) is 85.7 cm³/mol. The number of halogens is 5. The highest BCUT2D eigenvalue weighted by molar-refractivity contribution is 8.02. The van der Waals surface area contributed by atoms with Gasteiger partial charge in [-0.3, -0.25) is 0 Å². The largest absolute Gasteiger partial charge is 0.376 e. The molecule has 98 valence electrons. The van der Waals surface area contributed by atoms with Gasteiger partial charge in [0.15, 0.2) is 0 Å². The van der Waals surface area contributed by atoms with Crippen LogP contribution < -0.4 is 0 Å². The lowest BCUT2D eigenvalue weighted by atomic mass is 10.3. The summed E-state index contributed by atoms with van der Waals surface area (Å²) in [6, 6.07) is 0.261. The van der Waals surface area contributed by atoms with Gasteiger partial charge < -0.3 is 4.23 Å². The molecule has 0 aliphatic rings. The molecule has 0 amide bonds. The van der Waals surface area contributed by atoms with Crippen LogP contribution in [0.4, 0.5) is 0 Å². The van der Waals surface area contributed by atoms with E-state index < -0.39 is 20.1 Å². The van der Waals surface area contributed by atoms with E-state index in [9.17, 15) is 0 Å². The summed E-state index contributed by atoms with van der Waals surface area (Å²) in [6.07, 6.45) is -2.03. The third kappa shape index (κ3) is 4.31. The van der Waals surface area contributed by atoms with E-state index in [-0.39, 0.29) is 6.04 Å². The molecule has 0 aliphatic heterocycles. The molecule has 16 heavy (non-hydrogen) atoms. The van der Waals surface area contributed by atoms with E-state index in [4.69, 9.17) is 55.4 Å². The molecule has 9 heteroatoms. The molecule has 0 fully saturated rings. The molecule has 0 N–H and O–H groups in total. The molecule has 1 unspecified atom stereocenters. The standard InChI is InChI=1S/C7H18Cl5NSi3/c1-6-7(2)13(14(3,4)5)16(11,12)15(8,9)10/h7H,6H2,1-5H3. The Morgan fingerprint density at radius 2 is 1.38 bits per heavy atom. The van der Waals surface area contributed by atoms with E-state index in [0.717, 1.165) is 6.42 Å². The van der Waals surface area contributed by atoms with Gasteiger partial charge in [-0.25, -0.2) is 0 Å². The molecule has 0 rings (SSSR count). The first-order valence-electron chi connectivity index (χ1n) is 5.09. The van der Waals surface area contributed by atoms with E-state index in [2.05, 4.69) is 37.7 Å². The number of hydrogen-bond acceptors (Lipinski definition) is 1. The van der Waals surface area contributed by atoms with Gasteiger partial charge in [-0.2, -0.15) is 0 Å². The summed E-state index contributed by atoms with van der Waals surface area (Å²) in [4.78, 5) is 0. The van der Waals surface area contributed by atoms with Gasteiger partial charge in [-0.15, -0.1) is 55.4 Å². The van der Waals surface area contributed by atoms with E-state index in [1.807, 2.05) is 0 Å². The topological polar surface area (TPSA) is 3.24 Å². The molecule has 0 aliphatic carbocycles. The van der Waals surface area contributed by atoms with E-state index in [0.29, 0.717) is 0 Å². The fourth-order valence-corrected chi connectivity index (χ4v) is 23.5. The van der Waals surface area contributed by atoms with Crippen LogP contribution in [0.15, 0.2) is 0 Å². The highest BCUT2D eigenvalue weighted by Gasteiger charge is 2.61. The Hall–Kier alpha value is 2.06. The monoisotopic (exact) mass is 375 g/mol. The minimum Gasteiger partial charge on any atom is -0.319 e. The van der Waals surface area contributed by atoms with Gasteiger partial charge in [0.1, 0.15) is 8.24 Å². The zero-order chi connectivity index (χ0) is 13.4. The molecule has 0 bridgehead atoms. The zero-order valence-electron chi connectivity index (χ0n) is 10.1. The second-order valence-corrected chi connectivity index (χ2v) is 32.5. The van der Waals surface area contributed by atoms with Crippen molar-refractivity contribution in [3.8, 4) is 0 Å². The molecule has 0 saturated carbocycles. The lowest BCUT2D eigenvalue weighted by molar-refractivity contribution is 0.475. The maximum absolute atomic E-state index is 6.47. The Kier molecular flexibility index (Phi) is 6.78. The molecule has 0 aromatic rings. The fraction of sp³-hybridized carbons (Fsp3) is 1.00. The Morgan fingerprint density at radius 1 is 1.00 bits per heavy atom. The van der Waals surface area contributed by atoms with Crippen molar-refractivity contribution >= 4 is 75.5 Å². The van der Waals surface area contributed by atoms with E-state index in [1.165, 1.54) is 0 Å². The minimum absolute atomic E-state index is 0.261. The van der Waals surface area contributed by atoms with Gasteiger partial charge in [0.25, 0.3) is 0 Å². The molecule has 0 saturated heterocycles. The highest BCUT2D eigenvalue weighted by atomic mass is 35.9. The van der Waals surface area contributed by atoms with Crippen LogP contribution in [0.1, 0.15) is 20.3 Å². The van der Waals surface area contributed by atoms with Gasteiger partial charge >= 0.3 is 11.9 Å². The van der Waals surface area contributed by atoms with Crippen LogP contribution in [0.3, 0.4) is 0 Å². The van der Waals surface area contributed by atoms with Crippen LogP contribution in [0.2, 0.25) is 19.6 Å². The van der Waals surface area contributed by atoms with E-state index >= 15 is 0 Å². The Balaban J connectivity index is 5.37. The summed E-state index contributed by atoms with van der Waals surface area (Å²) in [7, 11) is -1.70. The van der Waals surface area contributed by atoms with Gasteiger partial charge in [0.2, 0.25) is 0 Å². The highest BCUT2D eigenvalue weighted by Crippen LogP contribution is 2.43. The zero-order valence-corrected chi connectivity index (χ0v) is 16.9. The van der Waals surface area contributed by atoms with Gasteiger partial charge in [0, 0.05) is 0 Å². The van der Waals surface area contributed by atoms with Crippen LogP contribution >= 0.6 is 55.4 Å². The SMILES string of the molecule is CCC(C)N([Si](C)(C)C)[Si](Cl)(Cl)[Si](Cl)(Cl)Cl. The summed E-state index contributed by atoms with van der Waals surface area (Å²) in [5.74, 6) is 0. The van der Waals surface area contributed by atoms with Crippen molar-refractivity contribution in [2.24, 2.45) is 0 Å². The maximum atomic E-state index is 6.47. The van der Waals surface area contributed by atoms with Gasteiger partial charge in [-0.1, -0.05) is 33.5 Å². The van der Waals surface area contributed by atoms with Crippen molar-refractivity contribution in [1.82, 2.24) is 4.23 Å². The van der Waals surface area contributed by atoms with Crippen LogP contribution in [0.5, 0.6) is 0 Å². The van der Waals surface area contributed by atoms with Crippen molar-refractivity contribution in [2.75, 3.05) is 0 Å². The third-order valence-corrected chi connectivity index (χ3v) is 32.1. The minimum atomic E-state index is -3.09. The van der Waals surface area contributed by atoms with Crippen molar-refractivity contribution in [3.63, 3.8) is 0 Å². The number of hydrogen-bond donors (Lipinski definition) is 0. The third-order valence-electron chi connectivity index (χ3n) is 2.40. The lowest BCUT2D eigenvalue weighted by Gasteiger charge is -2.47. The summed E-state index contributed by atoms with van der Waals surface area (Å²) in [5, 5.41) is 0. The average Bonchev–Trinajstić information content (AvgIpc) is 1.98. The molecule has 0 radical (unpaired) electrons. The first-order chi connectivity index (χ1) is 6.85. The van der Waals surface area contributed by atoms with Crippen molar-refractivity contribution in [3.05, 3.63) is 0 Å². The average molecular weight is 378 g/mol. The maximum Gasteiger partial charge on any atom is 0.376 e. The summed E-state index contributed by atoms with van der Waals surface area (Å²) >= 11 is 31.2. The molecule has 1 atom stereocenters. The van der Waals surface area contributed by atoms with Crippen LogP contribution in [0.25, 0.3) is 0 Å². The number of nitrogens with zero attached hydrogens (tertiary/aromatic N) is 1. The van der Waals surface area contributed by atoms with Crippen LogP contribution in [0, 0.1) is 0 Å². The van der Waals surface area contributed by atoms with Crippen molar-refractivity contribution in [2.45, 2.75) is 46.0 Å². The Labute approximate surface area is 125 Å². The normalized spacial score (nSPS) is 16.7.